The molecule has 0 bridgehead atoms. The van der Waals surface area contributed by atoms with E-state index in [1.165, 1.54) is 16.0 Å². The number of fused-ring (bicyclic) bond motifs is 1. The summed E-state index contributed by atoms with van der Waals surface area (Å²) in [5, 5.41) is 0.822. The van der Waals surface area contributed by atoms with E-state index < -0.39 is 0 Å². The first-order chi connectivity index (χ1) is 19.6. The van der Waals surface area contributed by atoms with E-state index in [0.717, 1.165) is 27.7 Å². The van der Waals surface area contributed by atoms with Gasteiger partial charge in [-0.3, -0.25) is 0 Å². The van der Waals surface area contributed by atoms with E-state index in [4.69, 9.17) is 28.4 Å². The smallest absolute Gasteiger partial charge is 0.338 e. The fourth-order valence-corrected chi connectivity index (χ4v) is 5.52. The molecule has 0 aliphatic heterocycles. The molecule has 0 aliphatic carbocycles. The monoisotopic (exact) mass is 592 g/mol. The molecule has 0 atom stereocenters. The predicted octanol–water partition coefficient (Wildman–Crippen LogP) is 5.15. The zero-order valence-corrected chi connectivity index (χ0v) is 25.2. The summed E-state index contributed by atoms with van der Waals surface area (Å²) in [5.74, 6) is 1.34. The lowest BCUT2D eigenvalue weighted by Gasteiger charge is -2.11. The number of H-pyrrole nitrogens is 1. The Balaban J connectivity index is 1.30. The van der Waals surface area contributed by atoms with E-state index >= 15 is 0 Å². The normalized spacial score (nSPS) is 11.4. The zero-order chi connectivity index (χ0) is 28.4. The Labute approximate surface area is 245 Å². The third-order valence-corrected chi connectivity index (χ3v) is 7.81. The van der Waals surface area contributed by atoms with Gasteiger partial charge in [-0.1, -0.05) is 23.9 Å². The van der Waals surface area contributed by atoms with Gasteiger partial charge in [0.1, 0.15) is 0 Å². The quantitative estimate of drug-likeness (QED) is 0.102. The molecule has 40 heavy (non-hydrogen) atoms. The van der Waals surface area contributed by atoms with Crippen molar-refractivity contribution in [2.75, 3.05) is 78.9 Å². The summed E-state index contributed by atoms with van der Waals surface area (Å²) in [6, 6.07) is 11.8. The molecule has 0 saturated carbocycles. The number of nitrogens with zero attached hydrogens (tertiary/aromatic N) is 1. The number of hydrogen-bond acceptors (Lipinski definition) is 10. The number of aromatic nitrogens is 2. The molecule has 2 aromatic carbocycles. The molecule has 0 amide bonds. The van der Waals surface area contributed by atoms with Crippen LogP contribution in [0.5, 0.6) is 0 Å². The maximum atomic E-state index is 12.0. The minimum absolute atomic E-state index is 0.331. The van der Waals surface area contributed by atoms with E-state index in [9.17, 15) is 4.79 Å². The summed E-state index contributed by atoms with van der Waals surface area (Å²) in [7, 11) is 1.65. The second-order valence-corrected chi connectivity index (χ2v) is 10.7. The van der Waals surface area contributed by atoms with Crippen LogP contribution in [0.15, 0.2) is 46.5 Å². The number of carbonyl (C=O) groups excluding carboxylic acids is 1. The molecule has 0 unspecified atom stereocenters. The minimum Gasteiger partial charge on any atom is -0.462 e. The SMILES string of the molecule is CCOC(=O)c1ccc2[nH]c(SCc3cccc(SCCOCCOCCOCCOCCOC)c3C)nc2c1. The first-order valence-electron chi connectivity index (χ1n) is 13.4. The van der Waals surface area contributed by atoms with Crippen LogP contribution in [0.4, 0.5) is 0 Å². The standard InChI is InChI=1S/C29H40N2O7S2/c1-4-38-28(32)23-8-9-25-26(20-23)31-29(30-25)40-21-24-6-5-7-27(22(24)2)39-19-18-37-17-16-36-15-14-35-13-12-34-11-10-33-3/h5-9,20H,4,10-19,21H2,1-3H3,(H,30,31). The fourth-order valence-electron chi connectivity index (χ4n) is 3.63. The first-order valence-corrected chi connectivity index (χ1v) is 15.4. The van der Waals surface area contributed by atoms with Gasteiger partial charge in [0.05, 0.1) is 82.7 Å². The fraction of sp³-hybridized carbons (Fsp3) is 0.517. The number of esters is 1. The summed E-state index contributed by atoms with van der Waals surface area (Å²) in [4.78, 5) is 21.3. The molecule has 0 radical (unpaired) electrons. The molecule has 9 nitrogen and oxygen atoms in total. The van der Waals surface area contributed by atoms with Gasteiger partial charge in [-0.15, -0.1) is 11.8 Å². The maximum absolute atomic E-state index is 12.0. The van der Waals surface area contributed by atoms with Crippen molar-refractivity contribution in [3.8, 4) is 0 Å². The van der Waals surface area contributed by atoms with Crippen molar-refractivity contribution < 1.29 is 33.2 Å². The van der Waals surface area contributed by atoms with Crippen molar-refractivity contribution in [2.24, 2.45) is 0 Å². The average molecular weight is 593 g/mol. The molecule has 0 aliphatic rings. The van der Waals surface area contributed by atoms with Gasteiger partial charge in [-0.05, 0) is 49.2 Å². The number of imidazole rings is 1. The Morgan fingerprint density at radius 2 is 1.55 bits per heavy atom. The molecule has 3 rings (SSSR count). The summed E-state index contributed by atoms with van der Waals surface area (Å²) in [5.41, 5.74) is 4.70. The highest BCUT2D eigenvalue weighted by Crippen LogP contribution is 2.29. The van der Waals surface area contributed by atoms with Crippen LogP contribution in [-0.4, -0.2) is 94.9 Å². The molecule has 1 aromatic heterocycles. The average Bonchev–Trinajstić information content (AvgIpc) is 3.37. The molecular formula is C29H40N2O7S2. The molecular weight excluding hydrogens is 552 g/mol. The Morgan fingerprint density at radius 1 is 0.875 bits per heavy atom. The Kier molecular flexibility index (Phi) is 15.5. The number of methoxy groups -OCH3 is 1. The highest BCUT2D eigenvalue weighted by Gasteiger charge is 2.11. The summed E-state index contributed by atoms with van der Waals surface area (Å²) >= 11 is 3.44. The molecule has 0 spiro atoms. The zero-order valence-electron chi connectivity index (χ0n) is 23.6. The molecule has 3 aromatic rings. The number of thioether (sulfide) groups is 2. The third-order valence-electron chi connectivity index (χ3n) is 5.77. The van der Waals surface area contributed by atoms with Gasteiger partial charge in [-0.2, -0.15) is 0 Å². The van der Waals surface area contributed by atoms with Crippen molar-refractivity contribution in [2.45, 2.75) is 29.7 Å². The number of ether oxygens (including phenoxy) is 6. The van der Waals surface area contributed by atoms with Gasteiger partial charge in [0.25, 0.3) is 0 Å². The number of rotatable bonds is 21. The van der Waals surface area contributed by atoms with Crippen LogP contribution in [0.3, 0.4) is 0 Å². The molecule has 220 valence electrons. The lowest BCUT2D eigenvalue weighted by molar-refractivity contribution is -0.00660. The number of nitrogens with one attached hydrogen (secondary N) is 1. The van der Waals surface area contributed by atoms with Crippen molar-refractivity contribution in [1.82, 2.24) is 9.97 Å². The number of carbonyl (C=O) groups is 1. The Hall–Kier alpha value is -2.12. The second kappa shape index (κ2) is 19.1. The number of benzene rings is 2. The Bertz CT molecular complexity index is 1160. The summed E-state index contributed by atoms with van der Waals surface area (Å²) < 4.78 is 32.0. The molecule has 0 saturated heterocycles. The van der Waals surface area contributed by atoms with Gasteiger partial charge in [0.2, 0.25) is 0 Å². The topological polar surface area (TPSA) is 101 Å². The van der Waals surface area contributed by atoms with Gasteiger partial charge < -0.3 is 33.4 Å². The number of aromatic amines is 1. The minimum atomic E-state index is -0.331. The van der Waals surface area contributed by atoms with Crippen LogP contribution >= 0.6 is 23.5 Å². The van der Waals surface area contributed by atoms with Crippen LogP contribution in [0.25, 0.3) is 11.0 Å². The highest BCUT2D eigenvalue weighted by molar-refractivity contribution is 7.99. The maximum Gasteiger partial charge on any atom is 0.338 e. The van der Waals surface area contributed by atoms with Crippen molar-refractivity contribution in [1.29, 1.82) is 0 Å². The predicted molar refractivity (Wildman–Crippen MR) is 159 cm³/mol. The lowest BCUT2D eigenvalue weighted by atomic mass is 10.1. The highest BCUT2D eigenvalue weighted by atomic mass is 32.2. The van der Waals surface area contributed by atoms with E-state index in [0.29, 0.717) is 71.6 Å². The van der Waals surface area contributed by atoms with Crippen LogP contribution in [0.1, 0.15) is 28.4 Å². The van der Waals surface area contributed by atoms with E-state index in [1.807, 2.05) is 6.07 Å². The third kappa shape index (κ3) is 11.4. The van der Waals surface area contributed by atoms with E-state index in [2.05, 4.69) is 35.1 Å². The molecule has 0 fully saturated rings. The largest absolute Gasteiger partial charge is 0.462 e. The van der Waals surface area contributed by atoms with Crippen molar-refractivity contribution in [3.63, 3.8) is 0 Å². The summed E-state index contributed by atoms with van der Waals surface area (Å²) in [6.45, 7) is 9.47. The van der Waals surface area contributed by atoms with E-state index in [1.54, 1.807) is 49.7 Å². The lowest BCUT2D eigenvalue weighted by Crippen LogP contribution is -2.13. The van der Waals surface area contributed by atoms with Gasteiger partial charge in [-0.25, -0.2) is 9.78 Å². The van der Waals surface area contributed by atoms with Crippen LogP contribution in [-0.2, 0) is 34.2 Å². The van der Waals surface area contributed by atoms with E-state index in [-0.39, 0.29) is 5.97 Å². The van der Waals surface area contributed by atoms with Gasteiger partial charge >= 0.3 is 5.97 Å². The van der Waals surface area contributed by atoms with Gasteiger partial charge in [0.15, 0.2) is 5.16 Å². The molecule has 11 heteroatoms. The first kappa shape index (κ1) is 32.4. The van der Waals surface area contributed by atoms with Crippen LogP contribution < -0.4 is 0 Å². The Morgan fingerprint density at radius 3 is 2.23 bits per heavy atom. The second-order valence-electron chi connectivity index (χ2n) is 8.61. The molecule has 1 N–H and O–H groups in total. The van der Waals surface area contributed by atoms with Crippen LogP contribution in [0, 0.1) is 6.92 Å². The summed E-state index contributed by atoms with van der Waals surface area (Å²) in [6.07, 6.45) is 0. The number of hydrogen-bond donors (Lipinski definition) is 1. The van der Waals surface area contributed by atoms with Crippen molar-refractivity contribution >= 4 is 40.5 Å². The molecule has 1 heterocycles. The van der Waals surface area contributed by atoms with Gasteiger partial charge in [0, 0.05) is 23.5 Å². The van der Waals surface area contributed by atoms with Crippen LogP contribution in [0.2, 0.25) is 0 Å². The van der Waals surface area contributed by atoms with Crippen molar-refractivity contribution in [3.05, 3.63) is 53.1 Å².